The largest absolute Gasteiger partial charge is 0.368 e. The predicted octanol–water partition coefficient (Wildman–Crippen LogP) is 1.68. The Morgan fingerprint density at radius 3 is 2.41 bits per heavy atom. The summed E-state index contributed by atoms with van der Waals surface area (Å²) in [6, 6.07) is 10.3. The van der Waals surface area contributed by atoms with E-state index in [0.717, 1.165) is 45.7 Å². The van der Waals surface area contributed by atoms with E-state index < -0.39 is 0 Å². The van der Waals surface area contributed by atoms with Crippen LogP contribution in [-0.4, -0.2) is 62.5 Å². The van der Waals surface area contributed by atoms with Crippen molar-refractivity contribution < 1.29 is 9.59 Å². The smallest absolute Gasteiger partial charge is 0.224 e. The third-order valence-electron chi connectivity index (χ3n) is 5.05. The Hall–Kier alpha value is -1.50. The highest BCUT2D eigenvalue weighted by Crippen LogP contribution is 2.16. The molecule has 0 spiro atoms. The van der Waals surface area contributed by atoms with Crippen LogP contribution in [0.1, 0.15) is 19.3 Å². The van der Waals surface area contributed by atoms with Gasteiger partial charge in [-0.15, -0.1) is 24.8 Å². The lowest BCUT2D eigenvalue weighted by Gasteiger charge is -2.36. The van der Waals surface area contributed by atoms with Crippen molar-refractivity contribution in [2.45, 2.75) is 19.3 Å². The van der Waals surface area contributed by atoms with Gasteiger partial charge in [-0.1, -0.05) is 18.2 Å². The van der Waals surface area contributed by atoms with E-state index in [9.17, 15) is 9.59 Å². The number of benzene rings is 1. The van der Waals surface area contributed by atoms with Crippen molar-refractivity contribution in [3.8, 4) is 0 Å². The lowest BCUT2D eigenvalue weighted by molar-refractivity contribution is -0.132. The number of carbonyl (C=O) groups is 2. The van der Waals surface area contributed by atoms with E-state index in [0.29, 0.717) is 19.4 Å². The summed E-state index contributed by atoms with van der Waals surface area (Å²) in [4.78, 5) is 28.5. The molecule has 1 unspecified atom stereocenters. The second-order valence-electron chi connectivity index (χ2n) is 6.79. The monoisotopic (exact) mass is 416 g/mol. The molecule has 0 saturated carbocycles. The number of carbonyl (C=O) groups excluding carboxylic acids is 2. The molecule has 2 heterocycles. The standard InChI is InChI=1S/C19H28N4O2.2ClH/c24-18(7-4-9-21-19(25)16-8-10-20-15-16)23-13-11-22(12-14-23)17-5-2-1-3-6-17;;/h1-3,5-6,16,20H,4,7-15H2,(H,21,25);2*1H. The molecule has 1 aromatic carbocycles. The second-order valence-corrected chi connectivity index (χ2v) is 6.79. The third kappa shape index (κ3) is 6.87. The molecule has 2 fully saturated rings. The number of nitrogens with zero attached hydrogens (tertiary/aromatic N) is 2. The van der Waals surface area contributed by atoms with E-state index in [1.54, 1.807) is 0 Å². The summed E-state index contributed by atoms with van der Waals surface area (Å²) in [7, 11) is 0. The first-order valence-corrected chi connectivity index (χ1v) is 9.30. The Kier molecular flexibility index (Phi) is 10.5. The van der Waals surface area contributed by atoms with E-state index in [1.165, 1.54) is 5.69 Å². The average Bonchev–Trinajstić information content (AvgIpc) is 3.21. The maximum Gasteiger partial charge on any atom is 0.224 e. The summed E-state index contributed by atoms with van der Waals surface area (Å²) in [6.07, 6.45) is 2.13. The van der Waals surface area contributed by atoms with Crippen LogP contribution in [0.3, 0.4) is 0 Å². The Morgan fingerprint density at radius 2 is 1.78 bits per heavy atom. The average molecular weight is 417 g/mol. The topological polar surface area (TPSA) is 64.7 Å². The Morgan fingerprint density at radius 1 is 1.07 bits per heavy atom. The van der Waals surface area contributed by atoms with Gasteiger partial charge < -0.3 is 20.4 Å². The number of anilines is 1. The number of hydrogen-bond donors (Lipinski definition) is 2. The van der Waals surface area contributed by atoms with Crippen LogP contribution in [0.5, 0.6) is 0 Å². The highest BCUT2D eigenvalue weighted by molar-refractivity contribution is 5.85. The number of piperazine rings is 1. The van der Waals surface area contributed by atoms with Crippen molar-refractivity contribution in [2.75, 3.05) is 50.7 Å². The van der Waals surface area contributed by atoms with Gasteiger partial charge in [0.1, 0.15) is 0 Å². The molecule has 27 heavy (non-hydrogen) atoms. The SMILES string of the molecule is Cl.Cl.O=C(NCCCC(=O)N1CCN(c2ccccc2)CC1)C1CCNC1. The van der Waals surface area contributed by atoms with Gasteiger partial charge in [0, 0.05) is 51.4 Å². The minimum absolute atomic E-state index is 0. The summed E-state index contributed by atoms with van der Waals surface area (Å²) < 4.78 is 0. The zero-order valence-corrected chi connectivity index (χ0v) is 17.2. The van der Waals surface area contributed by atoms with Crippen LogP contribution in [-0.2, 0) is 9.59 Å². The van der Waals surface area contributed by atoms with Crippen molar-refractivity contribution in [2.24, 2.45) is 5.92 Å². The maximum atomic E-state index is 12.3. The van der Waals surface area contributed by atoms with E-state index in [2.05, 4.69) is 27.7 Å². The van der Waals surface area contributed by atoms with E-state index in [-0.39, 0.29) is 42.5 Å². The predicted molar refractivity (Wildman–Crippen MR) is 113 cm³/mol. The normalized spacial score (nSPS) is 19.0. The molecule has 2 saturated heterocycles. The van der Waals surface area contributed by atoms with Crippen molar-refractivity contribution in [1.29, 1.82) is 0 Å². The molecule has 0 aliphatic carbocycles. The lowest BCUT2D eigenvalue weighted by atomic mass is 10.1. The first-order valence-electron chi connectivity index (χ1n) is 9.30. The molecule has 0 aromatic heterocycles. The van der Waals surface area contributed by atoms with Crippen LogP contribution in [0.2, 0.25) is 0 Å². The van der Waals surface area contributed by atoms with E-state index >= 15 is 0 Å². The van der Waals surface area contributed by atoms with Gasteiger partial charge in [-0.2, -0.15) is 0 Å². The zero-order chi connectivity index (χ0) is 17.5. The minimum Gasteiger partial charge on any atom is -0.368 e. The first kappa shape index (κ1) is 23.5. The highest BCUT2D eigenvalue weighted by Gasteiger charge is 2.23. The van der Waals surface area contributed by atoms with Gasteiger partial charge in [-0.3, -0.25) is 9.59 Å². The molecule has 2 aliphatic heterocycles. The minimum atomic E-state index is 0. The third-order valence-corrected chi connectivity index (χ3v) is 5.05. The molecule has 8 heteroatoms. The summed E-state index contributed by atoms with van der Waals surface area (Å²) in [6.45, 7) is 5.58. The molecule has 2 N–H and O–H groups in total. The Bertz CT molecular complexity index is 574. The van der Waals surface area contributed by atoms with Crippen molar-refractivity contribution in [3.63, 3.8) is 0 Å². The van der Waals surface area contributed by atoms with Crippen LogP contribution < -0.4 is 15.5 Å². The molecule has 2 amide bonds. The number of para-hydroxylation sites is 1. The van der Waals surface area contributed by atoms with Gasteiger partial charge in [0.2, 0.25) is 11.8 Å². The van der Waals surface area contributed by atoms with Crippen molar-refractivity contribution >= 4 is 42.3 Å². The van der Waals surface area contributed by atoms with Gasteiger partial charge >= 0.3 is 0 Å². The van der Waals surface area contributed by atoms with Crippen LogP contribution in [0.15, 0.2) is 30.3 Å². The van der Waals surface area contributed by atoms with Gasteiger partial charge in [0.05, 0.1) is 5.92 Å². The Labute approximate surface area is 173 Å². The molecule has 2 aliphatic rings. The molecule has 3 rings (SSSR count). The van der Waals surface area contributed by atoms with Gasteiger partial charge in [-0.25, -0.2) is 0 Å². The van der Waals surface area contributed by atoms with Crippen molar-refractivity contribution in [3.05, 3.63) is 30.3 Å². The number of nitrogens with one attached hydrogen (secondary N) is 2. The van der Waals surface area contributed by atoms with E-state index in [1.807, 2.05) is 23.1 Å². The number of amides is 2. The van der Waals surface area contributed by atoms with E-state index in [4.69, 9.17) is 0 Å². The highest BCUT2D eigenvalue weighted by atomic mass is 35.5. The van der Waals surface area contributed by atoms with Crippen molar-refractivity contribution in [1.82, 2.24) is 15.5 Å². The van der Waals surface area contributed by atoms with Gasteiger partial charge in [-0.05, 0) is 31.5 Å². The number of hydrogen-bond acceptors (Lipinski definition) is 4. The summed E-state index contributed by atoms with van der Waals surface area (Å²) in [5.41, 5.74) is 1.22. The molecule has 152 valence electrons. The second kappa shape index (κ2) is 12.1. The molecular formula is C19H30Cl2N4O2. The summed E-state index contributed by atoms with van der Waals surface area (Å²) >= 11 is 0. The number of rotatable bonds is 6. The molecule has 1 aromatic rings. The van der Waals surface area contributed by atoms with Crippen LogP contribution in [0.25, 0.3) is 0 Å². The van der Waals surface area contributed by atoms with Gasteiger partial charge in [0.15, 0.2) is 0 Å². The van der Waals surface area contributed by atoms with Crippen LogP contribution in [0, 0.1) is 5.92 Å². The molecule has 0 radical (unpaired) electrons. The molecular weight excluding hydrogens is 387 g/mol. The quantitative estimate of drug-likeness (QED) is 0.692. The molecule has 6 nitrogen and oxygen atoms in total. The first-order chi connectivity index (χ1) is 12.2. The van der Waals surface area contributed by atoms with Crippen LogP contribution in [0.4, 0.5) is 5.69 Å². The van der Waals surface area contributed by atoms with Gasteiger partial charge in [0.25, 0.3) is 0 Å². The zero-order valence-electron chi connectivity index (χ0n) is 15.6. The maximum absolute atomic E-state index is 12.3. The summed E-state index contributed by atoms with van der Waals surface area (Å²) in [5, 5.41) is 6.15. The van der Waals surface area contributed by atoms with Crippen LogP contribution >= 0.6 is 24.8 Å². The number of halogens is 2. The fourth-order valence-corrected chi connectivity index (χ4v) is 3.48. The molecule has 0 bridgehead atoms. The summed E-state index contributed by atoms with van der Waals surface area (Å²) in [5.74, 6) is 0.417. The lowest BCUT2D eigenvalue weighted by Crippen LogP contribution is -2.48. The Balaban J connectivity index is 0.00000182. The fraction of sp³-hybridized carbons (Fsp3) is 0.579. The fourth-order valence-electron chi connectivity index (χ4n) is 3.48. The molecule has 1 atom stereocenters.